The number of carbonyl (C=O) groups excluding carboxylic acids is 1. The maximum Gasteiger partial charge on any atom is 0.453 e. The Kier molecular flexibility index (Phi) is 5.84. The number of hydrogen-bond acceptors (Lipinski definition) is 6. The molecule has 0 saturated heterocycles. The highest BCUT2D eigenvalue weighted by Gasteiger charge is 2.40. The van der Waals surface area contributed by atoms with Crippen molar-refractivity contribution in [1.29, 1.82) is 0 Å². The van der Waals surface area contributed by atoms with Gasteiger partial charge in [-0.1, -0.05) is 25.1 Å². The highest BCUT2D eigenvalue weighted by atomic mass is 19.4. The molecule has 0 saturated carbocycles. The minimum Gasteiger partial charge on any atom is -0.449 e. The second-order valence-electron chi connectivity index (χ2n) is 6.52. The first-order chi connectivity index (χ1) is 14.1. The highest BCUT2D eigenvalue weighted by molar-refractivity contribution is 5.84. The number of para-hydroxylation sites is 1. The average molecular weight is 421 g/mol. The molecule has 2 N–H and O–H groups in total. The van der Waals surface area contributed by atoms with E-state index >= 15 is 0 Å². The topological polar surface area (TPSA) is 91.8 Å². The van der Waals surface area contributed by atoms with Gasteiger partial charge in [0.05, 0.1) is 5.39 Å². The number of aryl methyl sites for hydroxylation is 1. The van der Waals surface area contributed by atoms with Crippen LogP contribution < -0.4 is 20.6 Å². The minimum absolute atomic E-state index is 0.0275. The van der Waals surface area contributed by atoms with Crippen molar-refractivity contribution in [3.63, 3.8) is 0 Å². The van der Waals surface area contributed by atoms with E-state index in [1.54, 1.807) is 25.1 Å². The summed E-state index contributed by atoms with van der Waals surface area (Å²) in [6, 6.07) is 9.05. The van der Waals surface area contributed by atoms with E-state index in [9.17, 15) is 22.8 Å². The Morgan fingerprint density at radius 3 is 2.43 bits per heavy atom. The van der Waals surface area contributed by atoms with Crippen molar-refractivity contribution in [3.8, 4) is 17.2 Å². The number of benzene rings is 2. The second kappa shape index (κ2) is 8.19. The normalized spacial score (nSPS) is 12.6. The van der Waals surface area contributed by atoms with Crippen LogP contribution in [0.25, 0.3) is 11.0 Å². The van der Waals surface area contributed by atoms with Gasteiger partial charge in [-0.2, -0.15) is 13.2 Å². The number of alkyl halides is 3. The van der Waals surface area contributed by atoms with E-state index in [1.165, 1.54) is 25.1 Å². The van der Waals surface area contributed by atoms with E-state index in [1.807, 2.05) is 0 Å². The van der Waals surface area contributed by atoms with Gasteiger partial charge < -0.3 is 19.6 Å². The molecule has 9 heteroatoms. The van der Waals surface area contributed by atoms with E-state index in [-0.39, 0.29) is 16.9 Å². The number of carbonyl (C=O) groups is 1. The van der Waals surface area contributed by atoms with Crippen molar-refractivity contribution in [2.45, 2.75) is 32.5 Å². The number of halogens is 3. The van der Waals surface area contributed by atoms with Crippen LogP contribution in [0.4, 0.5) is 13.2 Å². The fourth-order valence-electron chi connectivity index (χ4n) is 2.71. The third-order valence-corrected chi connectivity index (χ3v) is 4.22. The van der Waals surface area contributed by atoms with Crippen molar-refractivity contribution in [3.05, 3.63) is 64.0 Å². The van der Waals surface area contributed by atoms with Crippen LogP contribution in [0.5, 0.6) is 17.2 Å². The van der Waals surface area contributed by atoms with Crippen LogP contribution in [0.3, 0.4) is 0 Å². The van der Waals surface area contributed by atoms with Crippen LogP contribution in [0, 0.1) is 0 Å². The molecule has 0 aliphatic carbocycles. The molecule has 1 aromatic heterocycles. The molecule has 1 atom stereocenters. The Bertz CT molecular complexity index is 1140. The van der Waals surface area contributed by atoms with E-state index in [0.717, 1.165) is 6.07 Å². The van der Waals surface area contributed by atoms with Crippen LogP contribution in [0.1, 0.15) is 25.2 Å². The molecule has 0 unspecified atom stereocenters. The summed E-state index contributed by atoms with van der Waals surface area (Å²) in [6.45, 7) is 3.14. The van der Waals surface area contributed by atoms with Crippen LogP contribution in [-0.4, -0.2) is 12.0 Å². The third-order valence-electron chi connectivity index (χ3n) is 4.22. The van der Waals surface area contributed by atoms with Crippen LogP contribution in [0.15, 0.2) is 51.7 Å². The Hall–Kier alpha value is -3.33. The van der Waals surface area contributed by atoms with E-state index < -0.39 is 40.7 Å². The fraction of sp³-hybridized carbons (Fsp3) is 0.238. The lowest BCUT2D eigenvalue weighted by atomic mass is 10.1. The number of fused-ring (bicyclic) bond motifs is 1. The van der Waals surface area contributed by atoms with Gasteiger partial charge in [-0.3, -0.25) is 4.79 Å². The molecule has 0 amide bonds. The maximum absolute atomic E-state index is 13.6. The molecule has 0 aliphatic rings. The smallest absolute Gasteiger partial charge is 0.449 e. The summed E-state index contributed by atoms with van der Waals surface area (Å²) in [6.07, 6.45) is -4.66. The molecule has 0 radical (unpaired) electrons. The molecule has 3 rings (SSSR count). The largest absolute Gasteiger partial charge is 0.453 e. The highest BCUT2D eigenvalue weighted by Crippen LogP contribution is 2.39. The van der Waals surface area contributed by atoms with Crippen molar-refractivity contribution in [2.75, 3.05) is 0 Å². The minimum atomic E-state index is -5.00. The molecule has 30 heavy (non-hydrogen) atoms. The van der Waals surface area contributed by atoms with Crippen molar-refractivity contribution < 1.29 is 31.9 Å². The van der Waals surface area contributed by atoms with Gasteiger partial charge in [-0.15, -0.1) is 0 Å². The Labute approximate surface area is 169 Å². The van der Waals surface area contributed by atoms with Crippen molar-refractivity contribution >= 4 is 16.9 Å². The number of rotatable bonds is 5. The number of nitrogens with two attached hydrogens (primary N) is 1. The molecule has 0 spiro atoms. The van der Waals surface area contributed by atoms with E-state index in [4.69, 9.17) is 19.6 Å². The zero-order valence-electron chi connectivity index (χ0n) is 16.1. The first-order valence-electron chi connectivity index (χ1n) is 9.03. The van der Waals surface area contributed by atoms with Gasteiger partial charge in [-0.05, 0) is 37.1 Å². The van der Waals surface area contributed by atoms with Gasteiger partial charge in [0.25, 0.3) is 5.76 Å². The Morgan fingerprint density at radius 2 is 1.87 bits per heavy atom. The number of ether oxygens (including phenoxy) is 2. The molecule has 158 valence electrons. The predicted octanol–water partition coefficient (Wildman–Crippen LogP) is 4.42. The summed E-state index contributed by atoms with van der Waals surface area (Å²) in [5.41, 5.74) is 4.51. The fourth-order valence-corrected chi connectivity index (χ4v) is 2.71. The van der Waals surface area contributed by atoms with E-state index in [0.29, 0.717) is 12.0 Å². The van der Waals surface area contributed by atoms with Gasteiger partial charge in [0.1, 0.15) is 23.1 Å². The molecule has 6 nitrogen and oxygen atoms in total. The molecular formula is C21H18F3NO5. The summed E-state index contributed by atoms with van der Waals surface area (Å²) in [4.78, 5) is 24.7. The van der Waals surface area contributed by atoms with Crippen molar-refractivity contribution in [1.82, 2.24) is 0 Å². The Balaban J connectivity index is 2.23. The molecule has 0 aliphatic heterocycles. The monoisotopic (exact) mass is 421 g/mol. The summed E-state index contributed by atoms with van der Waals surface area (Å²) in [7, 11) is 0. The van der Waals surface area contributed by atoms with Crippen LogP contribution in [0.2, 0.25) is 0 Å². The van der Waals surface area contributed by atoms with Crippen LogP contribution >= 0.6 is 0 Å². The quantitative estimate of drug-likeness (QED) is 0.484. The third kappa shape index (κ3) is 4.30. The van der Waals surface area contributed by atoms with Gasteiger partial charge >= 0.3 is 12.1 Å². The van der Waals surface area contributed by atoms with Gasteiger partial charge in [-0.25, -0.2) is 4.79 Å². The van der Waals surface area contributed by atoms with Crippen LogP contribution in [-0.2, 0) is 17.4 Å². The molecule has 0 fully saturated rings. The standard InChI is InChI=1S/C21H18F3NO5/c1-3-12-9-14-16(10-15(12)30-20(27)11(2)25)29-19(21(22,23)24)18(17(14)26)28-13-7-5-4-6-8-13/h4-11H,3,25H2,1-2H3/t11-/m1/s1. The zero-order chi connectivity index (χ0) is 22.1. The summed E-state index contributed by atoms with van der Waals surface area (Å²) >= 11 is 0. The SMILES string of the molecule is CCc1cc2c(=O)c(Oc3ccccc3)c(C(F)(F)F)oc2cc1OC(=O)[C@@H](C)N. The lowest BCUT2D eigenvalue weighted by Gasteiger charge is -2.15. The lowest BCUT2D eigenvalue weighted by molar-refractivity contribution is -0.154. The lowest BCUT2D eigenvalue weighted by Crippen LogP contribution is -2.31. The molecule has 2 aromatic carbocycles. The zero-order valence-corrected chi connectivity index (χ0v) is 16.1. The molecule has 0 bridgehead atoms. The van der Waals surface area contributed by atoms with Gasteiger partial charge in [0.2, 0.25) is 11.2 Å². The molecular weight excluding hydrogens is 403 g/mol. The maximum atomic E-state index is 13.6. The predicted molar refractivity (Wildman–Crippen MR) is 103 cm³/mol. The van der Waals surface area contributed by atoms with Gasteiger partial charge in [0, 0.05) is 6.07 Å². The number of esters is 1. The van der Waals surface area contributed by atoms with Crippen molar-refractivity contribution in [2.24, 2.45) is 5.73 Å². The number of hydrogen-bond donors (Lipinski definition) is 1. The Morgan fingerprint density at radius 1 is 1.20 bits per heavy atom. The first kappa shape index (κ1) is 21.4. The average Bonchev–Trinajstić information content (AvgIpc) is 2.69. The first-order valence-corrected chi connectivity index (χ1v) is 9.03. The summed E-state index contributed by atoms with van der Waals surface area (Å²) in [5, 5.41) is -0.133. The van der Waals surface area contributed by atoms with E-state index in [2.05, 4.69) is 0 Å². The summed E-state index contributed by atoms with van der Waals surface area (Å²) < 4.78 is 56.2. The second-order valence-corrected chi connectivity index (χ2v) is 6.52. The molecule has 3 aromatic rings. The molecule has 1 heterocycles. The van der Waals surface area contributed by atoms with Gasteiger partial charge in [0.15, 0.2) is 0 Å². The summed E-state index contributed by atoms with van der Waals surface area (Å²) in [5.74, 6) is -3.30.